The number of hydrogen-bond donors (Lipinski definition) is 2. The number of fused-ring (bicyclic) bond motifs is 1. The van der Waals surface area contributed by atoms with Gasteiger partial charge < -0.3 is 20.1 Å². The van der Waals surface area contributed by atoms with E-state index in [9.17, 15) is 0 Å². The van der Waals surface area contributed by atoms with Crippen molar-refractivity contribution in [2.24, 2.45) is 4.99 Å². The molecule has 0 spiro atoms. The second-order valence-corrected chi connectivity index (χ2v) is 7.61. The zero-order valence-corrected chi connectivity index (χ0v) is 21.0. The molecule has 0 amide bonds. The maximum Gasteiger partial charge on any atom is 0.191 e. The van der Waals surface area contributed by atoms with Gasteiger partial charge in [-0.15, -0.1) is 24.0 Å². The average Bonchev–Trinajstić information content (AvgIpc) is 3.17. The van der Waals surface area contributed by atoms with Gasteiger partial charge in [-0.25, -0.2) is 0 Å². The number of guanidine groups is 1. The van der Waals surface area contributed by atoms with Crippen molar-refractivity contribution in [3.8, 4) is 11.5 Å². The number of ether oxygens (including phenoxy) is 2. The molecule has 32 heavy (non-hydrogen) atoms. The van der Waals surface area contributed by atoms with Crippen LogP contribution in [0.15, 0.2) is 59.9 Å². The van der Waals surface area contributed by atoms with E-state index in [0.29, 0.717) is 48.8 Å². The van der Waals surface area contributed by atoms with Crippen LogP contribution in [0.3, 0.4) is 0 Å². The standard InChI is InChI=1S/C23H26ClN5O2.HI/c1-25-23(26-14-17-12-20(24)22-21(13-17)30-10-5-11-31-22)27-15-18-6-2-3-7-19(18)16-29-9-4-8-28-29;/h2-4,6-9,12-13H,5,10-11,14-16H2,1H3,(H2,25,26,27);1H. The molecule has 7 nitrogen and oxygen atoms in total. The lowest BCUT2D eigenvalue weighted by Gasteiger charge is -2.16. The molecule has 0 unspecified atom stereocenters. The fraction of sp³-hybridized carbons (Fsp3) is 0.304. The zero-order chi connectivity index (χ0) is 21.5. The van der Waals surface area contributed by atoms with E-state index in [1.165, 1.54) is 11.1 Å². The van der Waals surface area contributed by atoms with Gasteiger partial charge in [-0.05, 0) is 34.9 Å². The predicted molar refractivity (Wildman–Crippen MR) is 137 cm³/mol. The lowest BCUT2D eigenvalue weighted by Crippen LogP contribution is -2.36. The minimum absolute atomic E-state index is 0. The molecule has 0 aliphatic carbocycles. The molecule has 2 aromatic carbocycles. The van der Waals surface area contributed by atoms with E-state index in [4.69, 9.17) is 21.1 Å². The molecule has 0 fully saturated rings. The summed E-state index contributed by atoms with van der Waals surface area (Å²) < 4.78 is 13.4. The number of rotatable bonds is 6. The lowest BCUT2D eigenvalue weighted by atomic mass is 10.1. The maximum absolute atomic E-state index is 6.40. The Morgan fingerprint density at radius 1 is 1.09 bits per heavy atom. The number of aromatic nitrogens is 2. The fourth-order valence-corrected chi connectivity index (χ4v) is 3.71. The normalized spacial score (nSPS) is 13.1. The van der Waals surface area contributed by atoms with Crippen molar-refractivity contribution in [3.63, 3.8) is 0 Å². The van der Waals surface area contributed by atoms with E-state index < -0.39 is 0 Å². The number of benzene rings is 2. The van der Waals surface area contributed by atoms with Crippen molar-refractivity contribution < 1.29 is 9.47 Å². The summed E-state index contributed by atoms with van der Waals surface area (Å²) in [6.07, 6.45) is 4.60. The molecule has 9 heteroatoms. The molecule has 1 aliphatic heterocycles. The molecule has 0 atom stereocenters. The van der Waals surface area contributed by atoms with Crippen LogP contribution in [-0.2, 0) is 19.6 Å². The number of hydrogen-bond acceptors (Lipinski definition) is 4. The lowest BCUT2D eigenvalue weighted by molar-refractivity contribution is 0.297. The first-order valence-corrected chi connectivity index (χ1v) is 10.7. The second-order valence-electron chi connectivity index (χ2n) is 7.21. The van der Waals surface area contributed by atoms with Gasteiger partial charge in [-0.2, -0.15) is 5.10 Å². The van der Waals surface area contributed by atoms with Gasteiger partial charge in [0, 0.05) is 39.0 Å². The Morgan fingerprint density at radius 2 is 1.88 bits per heavy atom. The first-order valence-electron chi connectivity index (χ1n) is 10.3. The van der Waals surface area contributed by atoms with Crippen molar-refractivity contribution in [2.75, 3.05) is 20.3 Å². The number of halogens is 2. The largest absolute Gasteiger partial charge is 0.489 e. The summed E-state index contributed by atoms with van der Waals surface area (Å²) in [6, 6.07) is 14.1. The van der Waals surface area contributed by atoms with Gasteiger partial charge in [0.25, 0.3) is 0 Å². The van der Waals surface area contributed by atoms with Crippen LogP contribution in [0, 0.1) is 0 Å². The molecule has 0 saturated carbocycles. The van der Waals surface area contributed by atoms with Crippen LogP contribution in [0.2, 0.25) is 5.02 Å². The van der Waals surface area contributed by atoms with Crippen LogP contribution >= 0.6 is 35.6 Å². The summed E-state index contributed by atoms with van der Waals surface area (Å²) in [5, 5.41) is 11.6. The summed E-state index contributed by atoms with van der Waals surface area (Å²) in [7, 11) is 1.76. The Labute approximate surface area is 210 Å². The molecular formula is C23H27ClIN5O2. The molecule has 0 radical (unpaired) electrons. The van der Waals surface area contributed by atoms with Gasteiger partial charge in [0.15, 0.2) is 17.5 Å². The van der Waals surface area contributed by atoms with Gasteiger partial charge in [-0.3, -0.25) is 9.67 Å². The summed E-state index contributed by atoms with van der Waals surface area (Å²) in [5.74, 6) is 2.02. The van der Waals surface area contributed by atoms with E-state index in [2.05, 4.69) is 32.9 Å². The van der Waals surface area contributed by atoms with E-state index in [1.54, 1.807) is 13.2 Å². The highest BCUT2D eigenvalue weighted by Crippen LogP contribution is 2.37. The van der Waals surface area contributed by atoms with E-state index in [0.717, 1.165) is 18.5 Å². The third-order valence-corrected chi connectivity index (χ3v) is 5.28. The molecular weight excluding hydrogens is 541 g/mol. The summed E-state index contributed by atoms with van der Waals surface area (Å²) in [4.78, 5) is 4.34. The molecule has 1 aliphatic rings. The van der Waals surface area contributed by atoms with Crippen LogP contribution in [0.1, 0.15) is 23.1 Å². The monoisotopic (exact) mass is 567 g/mol. The second kappa shape index (κ2) is 12.0. The third-order valence-electron chi connectivity index (χ3n) is 5.00. The average molecular weight is 568 g/mol. The SMILES string of the molecule is CN=C(NCc1cc(Cl)c2c(c1)OCCCO2)NCc1ccccc1Cn1cccn1.I. The van der Waals surface area contributed by atoms with Crippen molar-refractivity contribution in [2.45, 2.75) is 26.1 Å². The first kappa shape index (κ1) is 24.2. The van der Waals surface area contributed by atoms with Gasteiger partial charge in [0.1, 0.15) is 0 Å². The molecule has 0 saturated heterocycles. The summed E-state index contributed by atoms with van der Waals surface area (Å²) in [5.41, 5.74) is 3.40. The van der Waals surface area contributed by atoms with E-state index in [-0.39, 0.29) is 24.0 Å². The Balaban J connectivity index is 0.00000289. The molecule has 2 heterocycles. The summed E-state index contributed by atoms with van der Waals surface area (Å²) in [6.45, 7) is 3.18. The van der Waals surface area contributed by atoms with E-state index >= 15 is 0 Å². The summed E-state index contributed by atoms with van der Waals surface area (Å²) >= 11 is 6.40. The third kappa shape index (κ3) is 6.29. The van der Waals surface area contributed by atoms with Crippen molar-refractivity contribution in [1.82, 2.24) is 20.4 Å². The predicted octanol–water partition coefficient (Wildman–Crippen LogP) is 4.23. The molecule has 170 valence electrons. The number of aliphatic imine (C=N–C) groups is 1. The van der Waals surface area contributed by atoms with Crippen LogP contribution < -0.4 is 20.1 Å². The van der Waals surface area contributed by atoms with Gasteiger partial charge in [0.2, 0.25) is 0 Å². The minimum Gasteiger partial charge on any atom is -0.489 e. The van der Waals surface area contributed by atoms with Gasteiger partial charge >= 0.3 is 0 Å². The number of nitrogens with zero attached hydrogens (tertiary/aromatic N) is 3. The Morgan fingerprint density at radius 3 is 2.66 bits per heavy atom. The Kier molecular flexibility index (Phi) is 9.04. The topological polar surface area (TPSA) is 72.7 Å². The highest BCUT2D eigenvalue weighted by molar-refractivity contribution is 14.0. The smallest absolute Gasteiger partial charge is 0.191 e. The first-order chi connectivity index (χ1) is 15.2. The highest BCUT2D eigenvalue weighted by Gasteiger charge is 2.15. The maximum atomic E-state index is 6.40. The highest BCUT2D eigenvalue weighted by atomic mass is 127. The zero-order valence-electron chi connectivity index (χ0n) is 17.9. The van der Waals surface area contributed by atoms with Crippen molar-refractivity contribution in [3.05, 3.63) is 76.6 Å². The minimum atomic E-state index is 0. The quantitative estimate of drug-likeness (QED) is 0.265. The molecule has 1 aromatic heterocycles. The van der Waals surface area contributed by atoms with Crippen LogP contribution in [0.25, 0.3) is 0 Å². The Hall–Kier alpha value is -2.46. The number of nitrogens with one attached hydrogen (secondary N) is 2. The van der Waals surface area contributed by atoms with Crippen molar-refractivity contribution >= 4 is 41.5 Å². The Bertz CT molecular complexity index is 1040. The molecule has 4 rings (SSSR count). The van der Waals surface area contributed by atoms with Gasteiger partial charge in [-0.1, -0.05) is 35.9 Å². The molecule has 0 bridgehead atoms. The van der Waals surface area contributed by atoms with Crippen LogP contribution in [0.5, 0.6) is 11.5 Å². The van der Waals surface area contributed by atoms with Crippen LogP contribution in [-0.4, -0.2) is 36.0 Å². The van der Waals surface area contributed by atoms with Gasteiger partial charge in [0.05, 0.1) is 24.8 Å². The fourth-order valence-electron chi connectivity index (χ4n) is 3.42. The van der Waals surface area contributed by atoms with E-state index in [1.807, 2.05) is 41.2 Å². The molecule has 2 N–H and O–H groups in total. The van der Waals surface area contributed by atoms with Crippen LogP contribution in [0.4, 0.5) is 0 Å². The molecule has 3 aromatic rings. The van der Waals surface area contributed by atoms with Crippen molar-refractivity contribution in [1.29, 1.82) is 0 Å².